The molecule has 0 aliphatic rings. The van der Waals surface area contributed by atoms with E-state index >= 15 is 0 Å². The zero-order chi connectivity index (χ0) is 29.0. The number of hydrogen-bond donors (Lipinski definition) is 0. The maximum Gasteiger partial charge on any atom is 0.125 e. The number of rotatable bonds is 5. The lowest BCUT2D eigenvalue weighted by Crippen LogP contribution is -1.98. The van der Waals surface area contributed by atoms with Crippen molar-refractivity contribution in [2.75, 3.05) is 0 Å². The van der Waals surface area contributed by atoms with E-state index in [-0.39, 0.29) is 0 Å². The molecule has 0 N–H and O–H groups in total. The Labute approximate surface area is 264 Å². The van der Waals surface area contributed by atoms with Gasteiger partial charge in [0.25, 0.3) is 0 Å². The molecule has 4 aromatic carbocycles. The summed E-state index contributed by atoms with van der Waals surface area (Å²) in [6.45, 7) is 0. The van der Waals surface area contributed by atoms with Crippen LogP contribution in [0.15, 0.2) is 126 Å². The molecule has 208 valence electrons. The summed E-state index contributed by atoms with van der Waals surface area (Å²) in [4.78, 5) is 19.0. The summed E-state index contributed by atoms with van der Waals surface area (Å²) in [6, 6.07) is 34.3. The molecule has 5 nitrogen and oxygen atoms in total. The molecule has 0 saturated heterocycles. The van der Waals surface area contributed by atoms with Gasteiger partial charge in [0.1, 0.15) is 15.0 Å². The maximum absolute atomic E-state index is 4.99. The van der Waals surface area contributed by atoms with E-state index in [2.05, 4.69) is 93.4 Å². The van der Waals surface area contributed by atoms with Crippen molar-refractivity contribution < 1.29 is 0 Å². The zero-order valence-corrected chi connectivity index (χ0v) is 25.5. The second-order valence-corrected chi connectivity index (χ2v) is 13.2. The molecule has 0 unspecified atom stereocenters. The molecule has 44 heavy (non-hydrogen) atoms. The van der Waals surface area contributed by atoms with E-state index in [1.165, 1.54) is 15.5 Å². The molecule has 5 heterocycles. The number of fused-ring (bicyclic) bond motifs is 4. The second-order valence-electron chi connectivity index (χ2n) is 10.4. The largest absolute Gasteiger partial charge is 0.308 e. The molecule has 0 fully saturated rings. The number of para-hydroxylation sites is 1. The number of nitrogens with zero attached hydrogens (tertiary/aromatic N) is 5. The summed E-state index contributed by atoms with van der Waals surface area (Å²) < 4.78 is 3.57. The molecule has 9 aromatic rings. The van der Waals surface area contributed by atoms with Gasteiger partial charge in [0, 0.05) is 62.4 Å². The normalized spacial score (nSPS) is 11.6. The highest BCUT2D eigenvalue weighted by atomic mass is 32.1. The standard InChI is InChI=1S/C36H21N5S3/c1-2-7-33-29(6-1)40-35(44-33)24-9-11-25-27-19-23(34-38-15-17-42-34)10-13-30(27)41(31(25)21-24)32-20-22(28-5-3-4-14-37-28)8-12-26(32)36-39-16-18-43-36/h1-21H. The number of hydrogen-bond acceptors (Lipinski definition) is 7. The lowest BCUT2D eigenvalue weighted by Gasteiger charge is -2.15. The van der Waals surface area contributed by atoms with Gasteiger partial charge in [-0.25, -0.2) is 15.0 Å². The summed E-state index contributed by atoms with van der Waals surface area (Å²) in [5, 5.41) is 9.41. The van der Waals surface area contributed by atoms with Crippen LogP contribution >= 0.6 is 34.0 Å². The van der Waals surface area contributed by atoms with Crippen LogP contribution in [0.2, 0.25) is 0 Å². The van der Waals surface area contributed by atoms with Gasteiger partial charge in [-0.1, -0.05) is 36.4 Å². The summed E-state index contributed by atoms with van der Waals surface area (Å²) in [6.07, 6.45) is 5.57. The van der Waals surface area contributed by atoms with Gasteiger partial charge in [0.05, 0.1) is 32.6 Å². The fraction of sp³-hybridized carbons (Fsp3) is 0. The van der Waals surface area contributed by atoms with E-state index in [9.17, 15) is 0 Å². The van der Waals surface area contributed by atoms with E-state index in [0.29, 0.717) is 0 Å². The first-order chi connectivity index (χ1) is 21.8. The molecular weight excluding hydrogens is 599 g/mol. The molecule has 0 radical (unpaired) electrons. The zero-order valence-electron chi connectivity index (χ0n) is 23.1. The molecule has 0 amide bonds. The highest BCUT2D eigenvalue weighted by Crippen LogP contribution is 2.41. The van der Waals surface area contributed by atoms with Crippen molar-refractivity contribution in [3.05, 3.63) is 126 Å². The van der Waals surface area contributed by atoms with Crippen molar-refractivity contribution >= 4 is 66.0 Å². The van der Waals surface area contributed by atoms with Crippen LogP contribution in [0.4, 0.5) is 0 Å². The van der Waals surface area contributed by atoms with Gasteiger partial charge in [0.2, 0.25) is 0 Å². The van der Waals surface area contributed by atoms with Crippen LogP contribution in [-0.4, -0.2) is 24.5 Å². The average Bonchev–Trinajstić information content (AvgIpc) is 3.90. The van der Waals surface area contributed by atoms with Crippen molar-refractivity contribution in [1.29, 1.82) is 0 Å². The Morgan fingerprint density at radius 1 is 0.545 bits per heavy atom. The Morgan fingerprint density at radius 3 is 2.16 bits per heavy atom. The van der Waals surface area contributed by atoms with Gasteiger partial charge in [-0.15, -0.1) is 34.0 Å². The second kappa shape index (κ2) is 10.3. The van der Waals surface area contributed by atoms with E-state index in [0.717, 1.165) is 65.2 Å². The first-order valence-electron chi connectivity index (χ1n) is 14.1. The minimum absolute atomic E-state index is 0.932. The van der Waals surface area contributed by atoms with Crippen molar-refractivity contribution in [3.63, 3.8) is 0 Å². The van der Waals surface area contributed by atoms with E-state index in [4.69, 9.17) is 9.97 Å². The van der Waals surface area contributed by atoms with Gasteiger partial charge in [-0.05, 0) is 60.7 Å². The van der Waals surface area contributed by atoms with Crippen molar-refractivity contribution in [1.82, 2.24) is 24.5 Å². The van der Waals surface area contributed by atoms with Gasteiger partial charge in [-0.2, -0.15) is 0 Å². The van der Waals surface area contributed by atoms with Crippen LogP contribution in [-0.2, 0) is 0 Å². The van der Waals surface area contributed by atoms with E-state index < -0.39 is 0 Å². The smallest absolute Gasteiger partial charge is 0.125 e. The lowest BCUT2D eigenvalue weighted by atomic mass is 10.1. The number of aromatic nitrogens is 5. The van der Waals surface area contributed by atoms with Crippen LogP contribution < -0.4 is 0 Å². The SMILES string of the molecule is c1ccc(-c2ccc(-c3nccs3)c(-n3c4ccc(-c5nccs5)cc4c4ccc(-c5nc6ccccc6s5)cc43)c2)nc1. The summed E-state index contributed by atoms with van der Waals surface area (Å²) >= 11 is 5.03. The number of thiazole rings is 3. The van der Waals surface area contributed by atoms with Crippen LogP contribution in [0, 0.1) is 0 Å². The highest BCUT2D eigenvalue weighted by molar-refractivity contribution is 7.21. The van der Waals surface area contributed by atoms with Crippen molar-refractivity contribution in [2.45, 2.75) is 0 Å². The fourth-order valence-electron chi connectivity index (χ4n) is 5.86. The molecule has 5 aromatic heterocycles. The van der Waals surface area contributed by atoms with Crippen LogP contribution in [0.1, 0.15) is 0 Å². The monoisotopic (exact) mass is 619 g/mol. The molecule has 0 bridgehead atoms. The summed E-state index contributed by atoms with van der Waals surface area (Å²) in [7, 11) is 0. The molecule has 0 saturated carbocycles. The number of benzene rings is 4. The van der Waals surface area contributed by atoms with E-state index in [1.807, 2.05) is 47.5 Å². The molecule has 0 spiro atoms. The Balaban J connectivity index is 1.36. The number of pyridine rings is 1. The Kier molecular flexibility index (Phi) is 5.97. The topological polar surface area (TPSA) is 56.5 Å². The molecule has 0 aliphatic heterocycles. The minimum Gasteiger partial charge on any atom is -0.308 e. The summed E-state index contributed by atoms with van der Waals surface area (Å²) in [5.41, 5.74) is 9.60. The minimum atomic E-state index is 0.932. The molecule has 8 heteroatoms. The molecular formula is C36H21N5S3. The Hall–Kier alpha value is -5.02. The van der Waals surface area contributed by atoms with Crippen LogP contribution in [0.5, 0.6) is 0 Å². The third kappa shape index (κ3) is 4.18. The molecule has 0 aliphatic carbocycles. The highest BCUT2D eigenvalue weighted by Gasteiger charge is 2.20. The Morgan fingerprint density at radius 2 is 1.34 bits per heavy atom. The maximum atomic E-state index is 4.99. The van der Waals surface area contributed by atoms with Gasteiger partial charge >= 0.3 is 0 Å². The fourth-order valence-corrected chi connectivity index (χ4v) is 8.12. The van der Waals surface area contributed by atoms with Crippen LogP contribution in [0.25, 0.3) is 80.7 Å². The first kappa shape index (κ1) is 25.5. The van der Waals surface area contributed by atoms with Gasteiger partial charge in [-0.3, -0.25) is 4.98 Å². The third-order valence-corrected chi connectivity index (χ3v) is 10.6. The lowest BCUT2D eigenvalue weighted by molar-refractivity contribution is 1.18. The van der Waals surface area contributed by atoms with Crippen molar-refractivity contribution in [3.8, 4) is 48.7 Å². The predicted molar refractivity (Wildman–Crippen MR) is 185 cm³/mol. The summed E-state index contributed by atoms with van der Waals surface area (Å²) in [5.74, 6) is 0. The Bertz CT molecular complexity index is 2410. The predicted octanol–water partition coefficient (Wildman–Crippen LogP) is 10.4. The third-order valence-electron chi connectivity index (χ3n) is 7.85. The van der Waals surface area contributed by atoms with E-state index in [1.54, 1.807) is 34.0 Å². The van der Waals surface area contributed by atoms with Crippen LogP contribution in [0.3, 0.4) is 0 Å². The molecule has 9 rings (SSSR count). The van der Waals surface area contributed by atoms with Gasteiger partial charge in [0.15, 0.2) is 0 Å². The van der Waals surface area contributed by atoms with Gasteiger partial charge < -0.3 is 4.57 Å². The van der Waals surface area contributed by atoms with Crippen molar-refractivity contribution in [2.24, 2.45) is 0 Å². The quantitative estimate of drug-likeness (QED) is 0.192. The average molecular weight is 620 g/mol. The first-order valence-corrected chi connectivity index (χ1v) is 16.7. The molecule has 0 atom stereocenters.